The molecular formula is C12H17NS. The van der Waals surface area contributed by atoms with Crippen molar-refractivity contribution in [1.82, 2.24) is 5.32 Å². The van der Waals surface area contributed by atoms with E-state index in [1.807, 2.05) is 11.8 Å². The molecule has 2 atom stereocenters. The van der Waals surface area contributed by atoms with Crippen LogP contribution in [0.15, 0.2) is 36.0 Å². The van der Waals surface area contributed by atoms with E-state index >= 15 is 0 Å². The number of nitrogens with one attached hydrogen (secondary N) is 1. The monoisotopic (exact) mass is 207 g/mol. The second-order valence-corrected chi connectivity index (χ2v) is 5.90. The second-order valence-electron chi connectivity index (χ2n) is 4.27. The summed E-state index contributed by atoms with van der Waals surface area (Å²) in [5, 5.41) is 3.31. The highest BCUT2D eigenvalue weighted by molar-refractivity contribution is 8.04. The minimum absolute atomic E-state index is 0.170. The SMILES string of the molecule is C=C(C)SC12CCCC1C(=C)NC2=C. The van der Waals surface area contributed by atoms with Crippen molar-refractivity contribution in [1.29, 1.82) is 0 Å². The number of rotatable bonds is 2. The summed E-state index contributed by atoms with van der Waals surface area (Å²) in [6, 6.07) is 0. The largest absolute Gasteiger partial charge is 0.362 e. The number of allylic oxidation sites excluding steroid dienone is 2. The molecule has 0 spiro atoms. The fourth-order valence-corrected chi connectivity index (χ4v) is 4.12. The molecule has 0 bridgehead atoms. The van der Waals surface area contributed by atoms with E-state index in [1.54, 1.807) is 0 Å². The average Bonchev–Trinajstić information content (AvgIpc) is 2.55. The van der Waals surface area contributed by atoms with Gasteiger partial charge < -0.3 is 5.32 Å². The summed E-state index contributed by atoms with van der Waals surface area (Å²) in [6.45, 7) is 14.3. The zero-order valence-electron chi connectivity index (χ0n) is 8.73. The molecule has 1 saturated heterocycles. The van der Waals surface area contributed by atoms with E-state index in [0.717, 1.165) is 11.4 Å². The van der Waals surface area contributed by atoms with Crippen LogP contribution in [-0.4, -0.2) is 4.75 Å². The maximum Gasteiger partial charge on any atom is 0.0677 e. The van der Waals surface area contributed by atoms with Gasteiger partial charge in [-0.25, -0.2) is 0 Å². The fourth-order valence-electron chi connectivity index (χ4n) is 2.67. The zero-order chi connectivity index (χ0) is 10.3. The smallest absolute Gasteiger partial charge is 0.0677 e. The van der Waals surface area contributed by atoms with Crippen molar-refractivity contribution >= 4 is 11.8 Å². The number of thioether (sulfide) groups is 1. The quantitative estimate of drug-likeness (QED) is 0.744. The first-order chi connectivity index (χ1) is 6.56. The highest BCUT2D eigenvalue weighted by atomic mass is 32.2. The highest BCUT2D eigenvalue weighted by Crippen LogP contribution is 2.57. The Bertz CT molecular complexity index is 318. The van der Waals surface area contributed by atoms with Gasteiger partial charge in [0.1, 0.15) is 0 Å². The van der Waals surface area contributed by atoms with Crippen molar-refractivity contribution < 1.29 is 0 Å². The van der Waals surface area contributed by atoms with Crippen LogP contribution in [0.5, 0.6) is 0 Å². The van der Waals surface area contributed by atoms with E-state index in [9.17, 15) is 0 Å². The van der Waals surface area contributed by atoms with Crippen molar-refractivity contribution in [2.24, 2.45) is 5.92 Å². The van der Waals surface area contributed by atoms with Crippen molar-refractivity contribution in [3.05, 3.63) is 36.0 Å². The summed E-state index contributed by atoms with van der Waals surface area (Å²) in [5.41, 5.74) is 2.29. The fraction of sp³-hybridized carbons (Fsp3) is 0.500. The molecule has 1 heterocycles. The molecule has 0 aromatic rings. The van der Waals surface area contributed by atoms with Crippen molar-refractivity contribution in [2.75, 3.05) is 0 Å². The normalized spacial score (nSPS) is 35.6. The third kappa shape index (κ3) is 1.24. The molecule has 0 amide bonds. The Morgan fingerprint density at radius 3 is 2.93 bits per heavy atom. The summed E-state index contributed by atoms with van der Waals surface area (Å²) in [5.74, 6) is 0.566. The second kappa shape index (κ2) is 3.20. The van der Waals surface area contributed by atoms with E-state index in [4.69, 9.17) is 0 Å². The van der Waals surface area contributed by atoms with Crippen LogP contribution in [-0.2, 0) is 0 Å². The van der Waals surface area contributed by atoms with Crippen molar-refractivity contribution in [3.8, 4) is 0 Å². The van der Waals surface area contributed by atoms with E-state index in [2.05, 4.69) is 32.0 Å². The van der Waals surface area contributed by atoms with E-state index in [0.29, 0.717) is 5.92 Å². The molecule has 2 unspecified atom stereocenters. The van der Waals surface area contributed by atoms with E-state index in [1.165, 1.54) is 24.2 Å². The van der Waals surface area contributed by atoms with Gasteiger partial charge in [-0.2, -0.15) is 0 Å². The molecule has 1 saturated carbocycles. The van der Waals surface area contributed by atoms with Gasteiger partial charge in [-0.3, -0.25) is 0 Å². The molecule has 2 fully saturated rings. The minimum atomic E-state index is 0.170. The first kappa shape index (κ1) is 9.91. The van der Waals surface area contributed by atoms with Crippen LogP contribution in [0.25, 0.3) is 0 Å². The van der Waals surface area contributed by atoms with Gasteiger partial charge in [-0.15, -0.1) is 11.8 Å². The van der Waals surface area contributed by atoms with Gasteiger partial charge in [0.15, 0.2) is 0 Å². The molecular weight excluding hydrogens is 190 g/mol. The Labute approximate surface area is 90.3 Å². The lowest BCUT2D eigenvalue weighted by atomic mass is 9.95. The topological polar surface area (TPSA) is 12.0 Å². The van der Waals surface area contributed by atoms with Gasteiger partial charge in [0, 0.05) is 17.3 Å². The van der Waals surface area contributed by atoms with Crippen LogP contribution in [0.4, 0.5) is 0 Å². The first-order valence-corrected chi connectivity index (χ1v) is 5.87. The standard InChI is InChI=1S/C12H17NS/c1-8(2)14-12-7-5-6-11(12)9(3)13-10(12)4/h11,13H,1,3-7H2,2H3. The molecule has 76 valence electrons. The molecule has 1 aliphatic carbocycles. The summed E-state index contributed by atoms with van der Waals surface area (Å²) in [7, 11) is 0. The number of fused-ring (bicyclic) bond motifs is 1. The molecule has 2 aliphatic rings. The number of hydrogen-bond donors (Lipinski definition) is 1. The molecule has 2 heteroatoms. The maximum absolute atomic E-state index is 4.14. The van der Waals surface area contributed by atoms with E-state index < -0.39 is 0 Å². The van der Waals surface area contributed by atoms with E-state index in [-0.39, 0.29) is 4.75 Å². The lowest BCUT2D eigenvalue weighted by Gasteiger charge is -2.28. The van der Waals surface area contributed by atoms with Crippen LogP contribution in [0.3, 0.4) is 0 Å². The molecule has 1 aliphatic heterocycles. The Hall–Kier alpha value is -0.630. The van der Waals surface area contributed by atoms with Gasteiger partial charge in [0.2, 0.25) is 0 Å². The van der Waals surface area contributed by atoms with Crippen LogP contribution in [0.2, 0.25) is 0 Å². The lowest BCUT2D eigenvalue weighted by molar-refractivity contribution is 0.608. The van der Waals surface area contributed by atoms with Crippen LogP contribution in [0, 0.1) is 5.92 Å². The zero-order valence-corrected chi connectivity index (χ0v) is 9.54. The van der Waals surface area contributed by atoms with Gasteiger partial charge >= 0.3 is 0 Å². The molecule has 1 nitrogen and oxygen atoms in total. The van der Waals surface area contributed by atoms with Gasteiger partial charge in [0.25, 0.3) is 0 Å². The third-order valence-electron chi connectivity index (χ3n) is 3.20. The summed E-state index contributed by atoms with van der Waals surface area (Å²) in [4.78, 5) is 1.18. The Morgan fingerprint density at radius 2 is 2.29 bits per heavy atom. The minimum Gasteiger partial charge on any atom is -0.362 e. The highest BCUT2D eigenvalue weighted by Gasteiger charge is 2.51. The Kier molecular flexibility index (Phi) is 2.26. The summed E-state index contributed by atoms with van der Waals surface area (Å²) >= 11 is 1.87. The predicted octanol–water partition coefficient (Wildman–Crippen LogP) is 3.42. The van der Waals surface area contributed by atoms with Crippen LogP contribution in [0.1, 0.15) is 26.2 Å². The number of hydrogen-bond acceptors (Lipinski definition) is 2. The van der Waals surface area contributed by atoms with Crippen LogP contribution < -0.4 is 5.32 Å². The maximum atomic E-state index is 4.14. The molecule has 2 rings (SSSR count). The van der Waals surface area contributed by atoms with Gasteiger partial charge in [-0.05, 0) is 24.7 Å². The third-order valence-corrected chi connectivity index (χ3v) is 4.65. The Morgan fingerprint density at radius 1 is 1.57 bits per heavy atom. The molecule has 1 N–H and O–H groups in total. The van der Waals surface area contributed by atoms with Crippen molar-refractivity contribution in [2.45, 2.75) is 30.9 Å². The average molecular weight is 207 g/mol. The molecule has 0 aromatic heterocycles. The molecule has 14 heavy (non-hydrogen) atoms. The van der Waals surface area contributed by atoms with Crippen LogP contribution >= 0.6 is 11.8 Å². The van der Waals surface area contributed by atoms with Crippen molar-refractivity contribution in [3.63, 3.8) is 0 Å². The summed E-state index contributed by atoms with van der Waals surface area (Å²) < 4.78 is 0.170. The predicted molar refractivity (Wildman–Crippen MR) is 63.9 cm³/mol. The molecule has 0 aromatic carbocycles. The lowest BCUT2D eigenvalue weighted by Crippen LogP contribution is -2.26. The Balaban J connectivity index is 2.33. The van der Waals surface area contributed by atoms with Gasteiger partial charge in [0.05, 0.1) is 4.75 Å². The van der Waals surface area contributed by atoms with Gasteiger partial charge in [-0.1, -0.05) is 26.2 Å². The first-order valence-electron chi connectivity index (χ1n) is 5.06. The molecule has 0 radical (unpaired) electrons. The summed E-state index contributed by atoms with van der Waals surface area (Å²) in [6.07, 6.45) is 3.73.